The molecule has 0 unspecified atom stereocenters. The molecular formula is C17H25FN2O. The molecule has 0 aliphatic heterocycles. The molecule has 21 heavy (non-hydrogen) atoms. The van der Waals surface area contributed by atoms with Gasteiger partial charge in [-0.05, 0) is 25.0 Å². The van der Waals surface area contributed by atoms with Crippen molar-refractivity contribution < 1.29 is 9.50 Å². The highest BCUT2D eigenvalue weighted by atomic mass is 19.1. The van der Waals surface area contributed by atoms with Crippen LogP contribution in [0.1, 0.15) is 37.8 Å². The number of aliphatic hydroxyl groups excluding tert-OH is 1. The molecule has 0 radical (unpaired) electrons. The molecule has 0 amide bonds. The van der Waals surface area contributed by atoms with E-state index < -0.39 is 0 Å². The van der Waals surface area contributed by atoms with Gasteiger partial charge < -0.3 is 10.8 Å². The molecule has 0 aromatic heterocycles. The summed E-state index contributed by atoms with van der Waals surface area (Å²) in [7, 11) is 0. The molecule has 1 aromatic carbocycles. The SMILES string of the molecule is CCC(CC)N(CCO)Cc1ccc(C#CCN)cc1F. The minimum absolute atomic E-state index is 0.0815. The molecule has 0 aliphatic carbocycles. The van der Waals surface area contributed by atoms with Gasteiger partial charge in [-0.15, -0.1) is 0 Å². The maximum absolute atomic E-state index is 14.2. The Labute approximate surface area is 127 Å². The first-order chi connectivity index (χ1) is 10.2. The van der Waals surface area contributed by atoms with Gasteiger partial charge in [0.15, 0.2) is 0 Å². The van der Waals surface area contributed by atoms with Crippen LogP contribution in [0.15, 0.2) is 18.2 Å². The molecule has 116 valence electrons. The fraction of sp³-hybridized carbons (Fsp3) is 0.529. The van der Waals surface area contributed by atoms with Gasteiger partial charge in [0.2, 0.25) is 0 Å². The lowest BCUT2D eigenvalue weighted by atomic mass is 10.1. The second kappa shape index (κ2) is 9.51. The Morgan fingerprint density at radius 2 is 2.05 bits per heavy atom. The first-order valence-electron chi connectivity index (χ1n) is 7.48. The number of rotatable bonds is 7. The highest BCUT2D eigenvalue weighted by molar-refractivity contribution is 5.37. The molecule has 4 heteroatoms. The lowest BCUT2D eigenvalue weighted by molar-refractivity contribution is 0.135. The van der Waals surface area contributed by atoms with Gasteiger partial charge in [-0.1, -0.05) is 31.8 Å². The molecule has 0 spiro atoms. The van der Waals surface area contributed by atoms with Crippen molar-refractivity contribution >= 4 is 0 Å². The third kappa shape index (κ3) is 5.47. The van der Waals surface area contributed by atoms with Crippen molar-refractivity contribution in [3.63, 3.8) is 0 Å². The zero-order valence-corrected chi connectivity index (χ0v) is 12.9. The van der Waals surface area contributed by atoms with E-state index >= 15 is 0 Å². The Kier molecular flexibility index (Phi) is 7.99. The fourth-order valence-electron chi connectivity index (χ4n) is 2.45. The van der Waals surface area contributed by atoms with E-state index in [4.69, 9.17) is 5.73 Å². The van der Waals surface area contributed by atoms with E-state index in [0.717, 1.165) is 12.8 Å². The summed E-state index contributed by atoms with van der Waals surface area (Å²) in [4.78, 5) is 2.13. The van der Waals surface area contributed by atoms with Gasteiger partial charge in [-0.3, -0.25) is 4.90 Å². The Morgan fingerprint density at radius 1 is 1.33 bits per heavy atom. The molecule has 3 nitrogen and oxygen atoms in total. The predicted molar refractivity (Wildman–Crippen MR) is 84.2 cm³/mol. The van der Waals surface area contributed by atoms with Crippen LogP contribution < -0.4 is 5.73 Å². The van der Waals surface area contributed by atoms with Gasteiger partial charge >= 0.3 is 0 Å². The number of aliphatic hydroxyl groups is 1. The maximum atomic E-state index is 14.2. The lowest BCUT2D eigenvalue weighted by Gasteiger charge is -2.30. The molecule has 0 bridgehead atoms. The summed E-state index contributed by atoms with van der Waals surface area (Å²) in [5.41, 5.74) is 6.58. The maximum Gasteiger partial charge on any atom is 0.128 e. The van der Waals surface area contributed by atoms with Crippen LogP contribution in [0.5, 0.6) is 0 Å². The summed E-state index contributed by atoms with van der Waals surface area (Å²) in [6.45, 7) is 5.63. The third-order valence-electron chi connectivity index (χ3n) is 3.61. The minimum atomic E-state index is -0.257. The summed E-state index contributed by atoms with van der Waals surface area (Å²) in [5, 5.41) is 9.20. The van der Waals surface area contributed by atoms with E-state index in [-0.39, 0.29) is 19.0 Å². The molecule has 0 saturated carbocycles. The largest absolute Gasteiger partial charge is 0.395 e. The van der Waals surface area contributed by atoms with Crippen LogP contribution in [0.3, 0.4) is 0 Å². The molecule has 0 saturated heterocycles. The lowest BCUT2D eigenvalue weighted by Crippen LogP contribution is -2.36. The molecule has 0 aliphatic rings. The molecule has 0 fully saturated rings. The van der Waals surface area contributed by atoms with Crippen LogP contribution in [0.4, 0.5) is 4.39 Å². The average Bonchev–Trinajstić information content (AvgIpc) is 2.49. The highest BCUT2D eigenvalue weighted by Crippen LogP contribution is 2.16. The Morgan fingerprint density at radius 3 is 2.57 bits per heavy atom. The van der Waals surface area contributed by atoms with Crippen molar-refractivity contribution in [2.75, 3.05) is 19.7 Å². The smallest absolute Gasteiger partial charge is 0.128 e. The van der Waals surface area contributed by atoms with Crippen molar-refractivity contribution in [2.45, 2.75) is 39.3 Å². The molecule has 1 aromatic rings. The van der Waals surface area contributed by atoms with Gasteiger partial charge in [0.05, 0.1) is 13.2 Å². The Balaban J connectivity index is 2.88. The van der Waals surface area contributed by atoms with Crippen LogP contribution in [-0.2, 0) is 6.54 Å². The molecular weight excluding hydrogens is 267 g/mol. The number of hydrogen-bond donors (Lipinski definition) is 2. The van der Waals surface area contributed by atoms with Crippen LogP contribution in [0.25, 0.3) is 0 Å². The van der Waals surface area contributed by atoms with Crippen LogP contribution in [0, 0.1) is 17.7 Å². The van der Waals surface area contributed by atoms with Crippen LogP contribution >= 0.6 is 0 Å². The van der Waals surface area contributed by atoms with Crippen molar-refractivity contribution in [1.82, 2.24) is 4.90 Å². The number of benzene rings is 1. The van der Waals surface area contributed by atoms with E-state index in [2.05, 4.69) is 30.6 Å². The Hall–Kier alpha value is -1.41. The second-order valence-electron chi connectivity index (χ2n) is 4.98. The normalized spacial score (nSPS) is 10.8. The van der Waals surface area contributed by atoms with E-state index in [1.54, 1.807) is 6.07 Å². The molecule has 0 heterocycles. The summed E-state index contributed by atoms with van der Waals surface area (Å²) < 4.78 is 14.2. The predicted octanol–water partition coefficient (Wildman–Crippen LogP) is 2.12. The first kappa shape index (κ1) is 17.6. The monoisotopic (exact) mass is 292 g/mol. The van der Waals surface area contributed by atoms with Gasteiger partial charge in [0, 0.05) is 30.3 Å². The average molecular weight is 292 g/mol. The van der Waals surface area contributed by atoms with E-state index in [0.29, 0.717) is 30.3 Å². The summed E-state index contributed by atoms with van der Waals surface area (Å²) in [6.07, 6.45) is 1.97. The van der Waals surface area contributed by atoms with E-state index in [1.807, 2.05) is 6.07 Å². The number of nitrogens with two attached hydrogens (primary N) is 1. The number of halogens is 1. The van der Waals surface area contributed by atoms with E-state index in [9.17, 15) is 9.50 Å². The van der Waals surface area contributed by atoms with Crippen LogP contribution in [-0.4, -0.2) is 35.7 Å². The standard InChI is InChI=1S/C17H25FN2O/c1-3-16(4-2)20(10-11-21)13-15-8-7-14(6-5-9-19)12-17(15)18/h7-8,12,16,21H,3-4,9-11,13,19H2,1-2H3. The Bertz CT molecular complexity index is 489. The van der Waals surface area contributed by atoms with Crippen molar-refractivity contribution in [2.24, 2.45) is 5.73 Å². The summed E-state index contributed by atoms with van der Waals surface area (Å²) in [6, 6.07) is 5.38. The second-order valence-corrected chi connectivity index (χ2v) is 4.98. The van der Waals surface area contributed by atoms with Crippen LogP contribution in [0.2, 0.25) is 0 Å². The quantitative estimate of drug-likeness (QED) is 0.757. The zero-order valence-electron chi connectivity index (χ0n) is 12.9. The van der Waals surface area contributed by atoms with Gasteiger partial charge in [-0.25, -0.2) is 4.39 Å². The molecule has 1 rings (SSSR count). The minimum Gasteiger partial charge on any atom is -0.395 e. The van der Waals surface area contributed by atoms with Gasteiger partial charge in [0.1, 0.15) is 5.82 Å². The third-order valence-corrected chi connectivity index (χ3v) is 3.61. The number of nitrogens with zero attached hydrogens (tertiary/aromatic N) is 1. The summed E-state index contributed by atoms with van der Waals surface area (Å²) >= 11 is 0. The highest BCUT2D eigenvalue weighted by Gasteiger charge is 2.16. The first-order valence-corrected chi connectivity index (χ1v) is 7.48. The van der Waals surface area contributed by atoms with E-state index in [1.165, 1.54) is 6.07 Å². The summed E-state index contributed by atoms with van der Waals surface area (Å²) in [5.74, 6) is 5.29. The van der Waals surface area contributed by atoms with Gasteiger partial charge in [0.25, 0.3) is 0 Å². The molecule has 0 atom stereocenters. The topological polar surface area (TPSA) is 49.5 Å². The zero-order chi connectivity index (χ0) is 15.7. The number of hydrogen-bond acceptors (Lipinski definition) is 3. The molecule has 3 N–H and O–H groups in total. The fourth-order valence-corrected chi connectivity index (χ4v) is 2.45. The van der Waals surface area contributed by atoms with Gasteiger partial charge in [-0.2, -0.15) is 0 Å². The van der Waals surface area contributed by atoms with Crippen molar-refractivity contribution in [1.29, 1.82) is 0 Å². The van der Waals surface area contributed by atoms with Crippen molar-refractivity contribution in [3.8, 4) is 11.8 Å². The van der Waals surface area contributed by atoms with Crippen molar-refractivity contribution in [3.05, 3.63) is 35.1 Å².